The predicted molar refractivity (Wildman–Crippen MR) is 58.5 cm³/mol. The number of carbonyl (C=O) groups is 1. The first-order valence-corrected chi connectivity index (χ1v) is 8.21. The van der Waals surface area contributed by atoms with E-state index in [1.807, 2.05) is 6.07 Å². The van der Waals surface area contributed by atoms with E-state index < -0.39 is 20.1 Å². The molecule has 0 aliphatic carbocycles. The Morgan fingerprint density at radius 1 is 1.57 bits per heavy atom. The van der Waals surface area contributed by atoms with Gasteiger partial charge in [0.25, 0.3) is 0 Å². The summed E-state index contributed by atoms with van der Waals surface area (Å²) in [5.41, 5.74) is 0.710. The van der Waals surface area contributed by atoms with Crippen LogP contribution in [0.3, 0.4) is 0 Å². The summed E-state index contributed by atoms with van der Waals surface area (Å²) >= 11 is 0. The van der Waals surface area contributed by atoms with Crippen LogP contribution in [-0.4, -0.2) is 20.1 Å². The summed E-state index contributed by atoms with van der Waals surface area (Å²) in [7, 11) is -1.29. The van der Waals surface area contributed by atoms with Crippen LogP contribution in [0.1, 0.15) is 6.92 Å². The summed E-state index contributed by atoms with van der Waals surface area (Å²) in [6.45, 7) is 11.6. The van der Waals surface area contributed by atoms with Gasteiger partial charge in [-0.15, -0.1) is 0 Å². The second-order valence-corrected chi connectivity index (χ2v) is 9.99. The van der Waals surface area contributed by atoms with Crippen molar-refractivity contribution in [1.82, 2.24) is 0 Å². The molecule has 0 aliphatic heterocycles. The average molecular weight is 211 g/mol. The molecule has 0 amide bonds. The van der Waals surface area contributed by atoms with Crippen LogP contribution in [0.2, 0.25) is 25.7 Å². The van der Waals surface area contributed by atoms with Gasteiger partial charge in [-0.05, 0) is 11.6 Å². The summed E-state index contributed by atoms with van der Waals surface area (Å²) in [6.07, 6.45) is -0.778. The third-order valence-corrected chi connectivity index (χ3v) is 3.04. The van der Waals surface area contributed by atoms with Gasteiger partial charge < -0.3 is 4.74 Å². The lowest BCUT2D eigenvalue weighted by Gasteiger charge is -2.20. The molecule has 0 bridgehead atoms. The minimum atomic E-state index is -1.29. The van der Waals surface area contributed by atoms with Crippen LogP contribution in [0.5, 0.6) is 0 Å². The molecular formula is C10H17NO2Si. The summed E-state index contributed by atoms with van der Waals surface area (Å²) in [4.78, 5) is 10.7. The highest BCUT2D eigenvalue weighted by Gasteiger charge is 2.21. The molecule has 14 heavy (non-hydrogen) atoms. The van der Waals surface area contributed by atoms with Crippen LogP contribution in [-0.2, 0) is 9.53 Å². The van der Waals surface area contributed by atoms with Crippen molar-refractivity contribution < 1.29 is 9.53 Å². The second kappa shape index (κ2) is 4.96. The van der Waals surface area contributed by atoms with Crippen LogP contribution >= 0.6 is 0 Å². The highest BCUT2D eigenvalue weighted by atomic mass is 28.3. The topological polar surface area (TPSA) is 50.1 Å². The number of nitrogens with zero attached hydrogens (tertiary/aromatic N) is 1. The first kappa shape index (κ1) is 12.9. The number of esters is 1. The van der Waals surface area contributed by atoms with E-state index in [1.165, 1.54) is 6.92 Å². The molecule has 0 spiro atoms. The molecule has 0 rings (SSSR count). The maximum Gasteiger partial charge on any atom is 0.304 e. The monoisotopic (exact) mass is 211 g/mol. The number of ether oxygens (including phenoxy) is 1. The van der Waals surface area contributed by atoms with Gasteiger partial charge in [-0.2, -0.15) is 5.26 Å². The molecule has 1 unspecified atom stereocenters. The van der Waals surface area contributed by atoms with Crippen molar-refractivity contribution in [3.05, 3.63) is 12.2 Å². The van der Waals surface area contributed by atoms with Gasteiger partial charge in [0.15, 0.2) is 0 Å². The van der Waals surface area contributed by atoms with Crippen molar-refractivity contribution in [3.8, 4) is 6.07 Å². The largest absolute Gasteiger partial charge is 0.442 e. The molecule has 0 heterocycles. The van der Waals surface area contributed by atoms with E-state index in [2.05, 4.69) is 26.2 Å². The summed E-state index contributed by atoms with van der Waals surface area (Å²) in [5, 5.41) is 8.77. The zero-order valence-corrected chi connectivity index (χ0v) is 10.3. The quantitative estimate of drug-likeness (QED) is 0.407. The molecule has 78 valence electrons. The maximum atomic E-state index is 10.7. The van der Waals surface area contributed by atoms with E-state index in [0.29, 0.717) is 5.57 Å². The van der Waals surface area contributed by atoms with Gasteiger partial charge in [0.1, 0.15) is 6.07 Å². The van der Waals surface area contributed by atoms with Crippen molar-refractivity contribution >= 4 is 14.0 Å². The van der Waals surface area contributed by atoms with Gasteiger partial charge in [0.05, 0.1) is 0 Å². The van der Waals surface area contributed by atoms with Crippen LogP contribution in [0.25, 0.3) is 0 Å². The third kappa shape index (κ3) is 5.54. The predicted octanol–water partition coefficient (Wildman–Crippen LogP) is 2.34. The number of nitriles is 1. The van der Waals surface area contributed by atoms with Crippen LogP contribution in [0.15, 0.2) is 12.2 Å². The minimum absolute atomic E-state index is 0.437. The number of carbonyl (C=O) groups excluding carboxylic acids is 1. The molecule has 4 heteroatoms. The Balaban J connectivity index is 4.35. The standard InChI is InChI=1S/C10H17NO2Si/c1-8(7-14(3,4)5)10(6-11)13-9(2)12/h10H,1,7H2,2-5H3. The fourth-order valence-corrected chi connectivity index (χ4v) is 2.69. The Hall–Kier alpha value is -1.08. The SMILES string of the molecule is C=C(C[Si](C)(C)C)C(C#N)OC(C)=O. The van der Waals surface area contributed by atoms with Crippen molar-refractivity contribution in [2.45, 2.75) is 38.7 Å². The lowest BCUT2D eigenvalue weighted by molar-refractivity contribution is -0.142. The normalized spacial score (nSPS) is 12.8. The molecule has 0 N–H and O–H groups in total. The van der Waals surface area contributed by atoms with Crippen molar-refractivity contribution in [2.24, 2.45) is 0 Å². The van der Waals surface area contributed by atoms with E-state index in [0.717, 1.165) is 6.04 Å². The first-order chi connectivity index (χ1) is 6.26. The van der Waals surface area contributed by atoms with Crippen molar-refractivity contribution in [3.63, 3.8) is 0 Å². The van der Waals surface area contributed by atoms with Crippen molar-refractivity contribution in [2.75, 3.05) is 0 Å². The van der Waals surface area contributed by atoms with E-state index in [-0.39, 0.29) is 0 Å². The lowest BCUT2D eigenvalue weighted by atomic mass is 10.2. The van der Waals surface area contributed by atoms with E-state index in [4.69, 9.17) is 10.00 Å². The number of hydrogen-bond acceptors (Lipinski definition) is 3. The fraction of sp³-hybridized carbons (Fsp3) is 0.600. The van der Waals surface area contributed by atoms with Gasteiger partial charge in [0.2, 0.25) is 6.10 Å². The molecule has 3 nitrogen and oxygen atoms in total. The summed E-state index contributed by atoms with van der Waals surface area (Å²) in [6, 6.07) is 2.74. The second-order valence-electron chi connectivity index (χ2n) is 4.51. The number of rotatable bonds is 4. The summed E-state index contributed by atoms with van der Waals surface area (Å²) < 4.78 is 4.83. The molecule has 0 aliphatic rings. The lowest BCUT2D eigenvalue weighted by Crippen LogP contribution is -2.25. The van der Waals surface area contributed by atoms with E-state index >= 15 is 0 Å². The van der Waals surface area contributed by atoms with Crippen LogP contribution in [0, 0.1) is 11.3 Å². The Morgan fingerprint density at radius 2 is 2.07 bits per heavy atom. The molecule has 0 saturated heterocycles. The van der Waals surface area contributed by atoms with E-state index in [9.17, 15) is 4.79 Å². The van der Waals surface area contributed by atoms with Crippen molar-refractivity contribution in [1.29, 1.82) is 5.26 Å². The van der Waals surface area contributed by atoms with Crippen LogP contribution in [0.4, 0.5) is 0 Å². The molecule has 0 saturated carbocycles. The molecule has 0 fully saturated rings. The molecule has 1 atom stereocenters. The Labute approximate surface area is 86.4 Å². The molecule has 0 aromatic rings. The van der Waals surface area contributed by atoms with Gasteiger partial charge in [-0.25, -0.2) is 0 Å². The Bertz CT molecular complexity index is 273. The molecule has 0 aromatic heterocycles. The molecule has 0 radical (unpaired) electrons. The average Bonchev–Trinajstić information content (AvgIpc) is 1.96. The van der Waals surface area contributed by atoms with Gasteiger partial charge in [-0.1, -0.05) is 26.2 Å². The number of hydrogen-bond donors (Lipinski definition) is 0. The zero-order chi connectivity index (χ0) is 11.4. The van der Waals surface area contributed by atoms with Gasteiger partial charge in [0, 0.05) is 15.0 Å². The Kier molecular flexibility index (Phi) is 4.58. The minimum Gasteiger partial charge on any atom is -0.442 e. The third-order valence-electron chi connectivity index (χ3n) is 1.53. The summed E-state index contributed by atoms with van der Waals surface area (Å²) in [5.74, 6) is -0.437. The van der Waals surface area contributed by atoms with Gasteiger partial charge in [-0.3, -0.25) is 4.79 Å². The highest BCUT2D eigenvalue weighted by Crippen LogP contribution is 2.19. The van der Waals surface area contributed by atoms with Crippen LogP contribution < -0.4 is 0 Å². The Morgan fingerprint density at radius 3 is 2.36 bits per heavy atom. The molecular weight excluding hydrogens is 194 g/mol. The zero-order valence-electron chi connectivity index (χ0n) is 9.26. The first-order valence-electron chi connectivity index (χ1n) is 4.51. The maximum absolute atomic E-state index is 10.7. The smallest absolute Gasteiger partial charge is 0.304 e. The van der Waals surface area contributed by atoms with Gasteiger partial charge >= 0.3 is 5.97 Å². The fourth-order valence-electron chi connectivity index (χ4n) is 1.14. The van der Waals surface area contributed by atoms with E-state index in [1.54, 1.807) is 0 Å². The molecule has 0 aromatic carbocycles. The highest BCUT2D eigenvalue weighted by molar-refractivity contribution is 6.76.